The van der Waals surface area contributed by atoms with Crippen LogP contribution in [0.25, 0.3) is 0 Å². The van der Waals surface area contributed by atoms with E-state index < -0.39 is 9.84 Å². The first-order valence-electron chi connectivity index (χ1n) is 6.04. The highest BCUT2D eigenvalue weighted by Crippen LogP contribution is 2.18. The Hall–Kier alpha value is -1.14. The first kappa shape index (κ1) is 13.3. The summed E-state index contributed by atoms with van der Waals surface area (Å²) in [6.45, 7) is 3.62. The second kappa shape index (κ2) is 5.24. The number of hydrogen-bond donors (Lipinski definition) is 1. The molecule has 0 unspecified atom stereocenters. The summed E-state index contributed by atoms with van der Waals surface area (Å²) in [6.07, 6.45) is 0.648. The maximum atomic E-state index is 11.5. The summed E-state index contributed by atoms with van der Waals surface area (Å²) in [5.41, 5.74) is 1.47. The van der Waals surface area contributed by atoms with Gasteiger partial charge in [-0.25, -0.2) is 8.42 Å². The van der Waals surface area contributed by atoms with Crippen LogP contribution in [0.1, 0.15) is 17.8 Å². The summed E-state index contributed by atoms with van der Waals surface area (Å²) in [4.78, 5) is 6.33. The van der Waals surface area contributed by atoms with E-state index in [2.05, 4.69) is 4.98 Å². The Kier molecular flexibility index (Phi) is 3.87. The molecule has 0 saturated carbocycles. The summed E-state index contributed by atoms with van der Waals surface area (Å²) < 4.78 is 23.0. The lowest BCUT2D eigenvalue weighted by atomic mass is 10.2. The van der Waals surface area contributed by atoms with Crippen molar-refractivity contribution < 1.29 is 13.5 Å². The SMILES string of the molecule is Cc1ccc(O)c(CN2CCCS(=O)(=O)CC2)n1. The molecular formula is C12H18N2O3S. The van der Waals surface area contributed by atoms with Crippen molar-refractivity contribution in [2.24, 2.45) is 0 Å². The normalized spacial score (nSPS) is 20.5. The van der Waals surface area contributed by atoms with Gasteiger partial charge in [-0.2, -0.15) is 0 Å². The predicted octanol–water partition coefficient (Wildman–Crippen LogP) is 0.716. The Bertz CT molecular complexity index is 528. The average Bonchev–Trinajstić information content (AvgIpc) is 2.46. The minimum absolute atomic E-state index is 0.174. The van der Waals surface area contributed by atoms with Gasteiger partial charge < -0.3 is 5.11 Å². The highest BCUT2D eigenvalue weighted by atomic mass is 32.2. The fraction of sp³-hybridized carbons (Fsp3) is 0.583. The number of rotatable bonds is 2. The Morgan fingerprint density at radius 1 is 1.33 bits per heavy atom. The number of nitrogens with zero attached hydrogens (tertiary/aromatic N) is 2. The van der Waals surface area contributed by atoms with Crippen molar-refractivity contribution in [3.63, 3.8) is 0 Å². The van der Waals surface area contributed by atoms with Gasteiger partial charge in [-0.05, 0) is 32.0 Å². The van der Waals surface area contributed by atoms with Crippen LogP contribution in [0.3, 0.4) is 0 Å². The molecule has 1 aliphatic rings. The topological polar surface area (TPSA) is 70.5 Å². The van der Waals surface area contributed by atoms with Crippen LogP contribution in [-0.2, 0) is 16.4 Å². The number of pyridine rings is 1. The van der Waals surface area contributed by atoms with Crippen LogP contribution in [0.15, 0.2) is 12.1 Å². The van der Waals surface area contributed by atoms with Gasteiger partial charge in [-0.3, -0.25) is 9.88 Å². The lowest BCUT2D eigenvalue weighted by Crippen LogP contribution is -2.27. The van der Waals surface area contributed by atoms with Crippen molar-refractivity contribution >= 4 is 9.84 Å². The Labute approximate surface area is 107 Å². The smallest absolute Gasteiger partial charge is 0.151 e. The fourth-order valence-electron chi connectivity index (χ4n) is 2.08. The minimum atomic E-state index is -2.89. The number of aromatic nitrogens is 1. The molecule has 0 aliphatic carbocycles. The summed E-state index contributed by atoms with van der Waals surface area (Å²) in [6, 6.07) is 3.39. The molecule has 0 aromatic carbocycles. The first-order chi connectivity index (χ1) is 8.46. The zero-order valence-corrected chi connectivity index (χ0v) is 11.3. The second-order valence-corrected chi connectivity index (χ2v) is 7.00. The third-order valence-corrected chi connectivity index (χ3v) is 4.83. The summed E-state index contributed by atoms with van der Waals surface area (Å²) in [7, 11) is -2.89. The molecule has 2 heterocycles. The number of hydrogen-bond acceptors (Lipinski definition) is 5. The molecule has 6 heteroatoms. The number of aromatic hydroxyl groups is 1. The minimum Gasteiger partial charge on any atom is -0.506 e. The Morgan fingerprint density at radius 2 is 2.11 bits per heavy atom. The van der Waals surface area contributed by atoms with Gasteiger partial charge in [0.05, 0.1) is 17.2 Å². The van der Waals surface area contributed by atoms with Crippen molar-refractivity contribution in [3.05, 3.63) is 23.5 Å². The first-order valence-corrected chi connectivity index (χ1v) is 7.87. The molecule has 18 heavy (non-hydrogen) atoms. The molecule has 1 aliphatic heterocycles. The zero-order chi connectivity index (χ0) is 13.2. The molecular weight excluding hydrogens is 252 g/mol. The van der Waals surface area contributed by atoms with E-state index in [1.54, 1.807) is 12.1 Å². The van der Waals surface area contributed by atoms with Gasteiger partial charge in [0.2, 0.25) is 0 Å². The van der Waals surface area contributed by atoms with Gasteiger partial charge >= 0.3 is 0 Å². The van der Waals surface area contributed by atoms with Crippen molar-refractivity contribution in [2.75, 3.05) is 24.6 Å². The third kappa shape index (κ3) is 3.43. The van der Waals surface area contributed by atoms with E-state index >= 15 is 0 Å². The van der Waals surface area contributed by atoms with Crippen molar-refractivity contribution in [2.45, 2.75) is 19.9 Å². The van der Waals surface area contributed by atoms with E-state index in [1.807, 2.05) is 11.8 Å². The van der Waals surface area contributed by atoms with E-state index in [4.69, 9.17) is 0 Å². The zero-order valence-electron chi connectivity index (χ0n) is 10.5. The molecule has 0 amide bonds. The molecule has 2 rings (SSSR count). The number of aryl methyl sites for hydroxylation is 1. The predicted molar refractivity (Wildman–Crippen MR) is 69.2 cm³/mol. The molecule has 0 bridgehead atoms. The quantitative estimate of drug-likeness (QED) is 0.857. The number of sulfone groups is 1. The molecule has 1 aromatic rings. The van der Waals surface area contributed by atoms with Crippen molar-refractivity contribution in [1.82, 2.24) is 9.88 Å². The molecule has 1 saturated heterocycles. The van der Waals surface area contributed by atoms with Gasteiger partial charge in [0, 0.05) is 18.8 Å². The van der Waals surface area contributed by atoms with E-state index in [-0.39, 0.29) is 17.3 Å². The van der Waals surface area contributed by atoms with E-state index in [1.165, 1.54) is 0 Å². The summed E-state index contributed by atoms with van der Waals surface area (Å²) in [5, 5.41) is 9.73. The third-order valence-electron chi connectivity index (χ3n) is 3.11. The van der Waals surface area contributed by atoms with Crippen LogP contribution in [0.5, 0.6) is 5.75 Å². The summed E-state index contributed by atoms with van der Waals surface area (Å²) in [5.74, 6) is 0.628. The van der Waals surface area contributed by atoms with Crippen LogP contribution >= 0.6 is 0 Å². The molecule has 1 aromatic heterocycles. The fourth-order valence-corrected chi connectivity index (χ4v) is 3.39. The van der Waals surface area contributed by atoms with Crippen LogP contribution in [0.2, 0.25) is 0 Å². The molecule has 0 atom stereocenters. The molecule has 1 fully saturated rings. The largest absolute Gasteiger partial charge is 0.506 e. The maximum Gasteiger partial charge on any atom is 0.151 e. The molecule has 1 N–H and O–H groups in total. The Balaban J connectivity index is 2.07. The molecule has 5 nitrogen and oxygen atoms in total. The van der Waals surface area contributed by atoms with Crippen molar-refractivity contribution in [1.29, 1.82) is 0 Å². The van der Waals surface area contributed by atoms with Crippen LogP contribution in [-0.4, -0.2) is 48.0 Å². The standard InChI is InChI=1S/C12H18N2O3S/c1-10-3-4-12(15)11(13-10)9-14-5-2-7-18(16,17)8-6-14/h3-4,15H,2,5-9H2,1H3. The average molecular weight is 270 g/mol. The lowest BCUT2D eigenvalue weighted by molar-refractivity contribution is 0.278. The Morgan fingerprint density at radius 3 is 2.89 bits per heavy atom. The van der Waals surface area contributed by atoms with Gasteiger partial charge in [0.25, 0.3) is 0 Å². The monoisotopic (exact) mass is 270 g/mol. The van der Waals surface area contributed by atoms with Crippen LogP contribution < -0.4 is 0 Å². The molecule has 0 radical (unpaired) electrons. The maximum absolute atomic E-state index is 11.5. The van der Waals surface area contributed by atoms with Crippen LogP contribution in [0.4, 0.5) is 0 Å². The van der Waals surface area contributed by atoms with Crippen molar-refractivity contribution in [3.8, 4) is 5.75 Å². The lowest BCUT2D eigenvalue weighted by Gasteiger charge is -2.19. The van der Waals surface area contributed by atoms with Gasteiger partial charge in [-0.1, -0.05) is 0 Å². The van der Waals surface area contributed by atoms with Crippen LogP contribution in [0, 0.1) is 6.92 Å². The second-order valence-electron chi connectivity index (χ2n) is 4.70. The highest BCUT2D eigenvalue weighted by Gasteiger charge is 2.20. The van der Waals surface area contributed by atoms with Gasteiger partial charge in [0.1, 0.15) is 5.75 Å². The van der Waals surface area contributed by atoms with E-state index in [0.717, 1.165) is 12.2 Å². The van der Waals surface area contributed by atoms with E-state index in [9.17, 15) is 13.5 Å². The highest BCUT2D eigenvalue weighted by molar-refractivity contribution is 7.91. The van der Waals surface area contributed by atoms with Gasteiger partial charge in [-0.15, -0.1) is 0 Å². The van der Waals surface area contributed by atoms with Gasteiger partial charge in [0.15, 0.2) is 9.84 Å². The molecule has 100 valence electrons. The summed E-state index contributed by atoms with van der Waals surface area (Å²) >= 11 is 0. The van der Waals surface area contributed by atoms with E-state index in [0.29, 0.717) is 25.2 Å². The molecule has 0 spiro atoms.